The third-order valence-corrected chi connectivity index (χ3v) is 4.18. The Morgan fingerprint density at radius 1 is 1.33 bits per heavy atom. The van der Waals surface area contributed by atoms with Gasteiger partial charge in [-0.2, -0.15) is 11.8 Å². The average Bonchev–Trinajstić information content (AvgIpc) is 2.74. The Kier molecular flexibility index (Phi) is 3.26. The maximum absolute atomic E-state index is 13.0. The number of benzene rings is 1. The molecule has 2 unspecified atom stereocenters. The number of halogens is 2. The van der Waals surface area contributed by atoms with E-state index < -0.39 is 11.6 Å². The summed E-state index contributed by atoms with van der Waals surface area (Å²) in [6.45, 7) is 0. The number of thioether (sulfide) groups is 1. The number of nitrogens with two attached hydrogens (primary N) is 1. The predicted octanol–water partition coefficient (Wildman–Crippen LogP) is 2.86. The van der Waals surface area contributed by atoms with E-state index in [0.29, 0.717) is 10.8 Å². The number of hydrogen-bond acceptors (Lipinski definition) is 2. The van der Waals surface area contributed by atoms with Gasteiger partial charge in [-0.1, -0.05) is 6.07 Å². The zero-order valence-electron chi connectivity index (χ0n) is 8.25. The van der Waals surface area contributed by atoms with Crippen molar-refractivity contribution in [2.75, 3.05) is 5.75 Å². The van der Waals surface area contributed by atoms with Crippen molar-refractivity contribution >= 4 is 11.8 Å². The molecule has 15 heavy (non-hydrogen) atoms. The second kappa shape index (κ2) is 4.49. The Morgan fingerprint density at radius 2 is 2.13 bits per heavy atom. The van der Waals surface area contributed by atoms with Gasteiger partial charge >= 0.3 is 0 Å². The van der Waals surface area contributed by atoms with Crippen LogP contribution in [0, 0.1) is 11.6 Å². The van der Waals surface area contributed by atoms with E-state index in [1.165, 1.54) is 6.07 Å². The van der Waals surface area contributed by atoms with Crippen molar-refractivity contribution < 1.29 is 8.78 Å². The summed E-state index contributed by atoms with van der Waals surface area (Å²) < 4.78 is 25.7. The van der Waals surface area contributed by atoms with Crippen molar-refractivity contribution in [3.63, 3.8) is 0 Å². The van der Waals surface area contributed by atoms with Crippen molar-refractivity contribution in [1.82, 2.24) is 0 Å². The van der Waals surface area contributed by atoms with Crippen molar-refractivity contribution in [3.8, 4) is 0 Å². The molecule has 1 aliphatic heterocycles. The molecule has 2 N–H and O–H groups in total. The maximum atomic E-state index is 13.0. The highest BCUT2D eigenvalue weighted by Crippen LogP contribution is 2.34. The molecule has 0 spiro atoms. The van der Waals surface area contributed by atoms with Crippen LogP contribution in [0.25, 0.3) is 0 Å². The molecule has 0 amide bonds. The SMILES string of the molecule is NC(c1ccc(F)c(F)c1)C1CCCS1. The lowest BCUT2D eigenvalue weighted by Crippen LogP contribution is -2.21. The second-order valence-electron chi connectivity index (χ2n) is 3.75. The van der Waals surface area contributed by atoms with Crippen LogP contribution in [0.2, 0.25) is 0 Å². The van der Waals surface area contributed by atoms with Crippen LogP contribution in [0.1, 0.15) is 24.4 Å². The van der Waals surface area contributed by atoms with Crippen LogP contribution in [-0.4, -0.2) is 11.0 Å². The van der Waals surface area contributed by atoms with E-state index in [1.54, 1.807) is 6.07 Å². The number of rotatable bonds is 2. The first kappa shape index (κ1) is 10.9. The van der Waals surface area contributed by atoms with Crippen LogP contribution < -0.4 is 5.73 Å². The van der Waals surface area contributed by atoms with E-state index in [0.717, 1.165) is 24.7 Å². The lowest BCUT2D eigenvalue weighted by atomic mass is 10.0. The third kappa shape index (κ3) is 2.32. The van der Waals surface area contributed by atoms with Crippen LogP contribution in [0.15, 0.2) is 18.2 Å². The summed E-state index contributed by atoms with van der Waals surface area (Å²) in [7, 11) is 0. The Hall–Kier alpha value is -0.610. The van der Waals surface area contributed by atoms with E-state index in [4.69, 9.17) is 5.73 Å². The van der Waals surface area contributed by atoms with Gasteiger partial charge in [0.15, 0.2) is 11.6 Å². The van der Waals surface area contributed by atoms with Gasteiger partial charge in [0.1, 0.15) is 0 Å². The molecule has 1 aromatic carbocycles. The highest BCUT2D eigenvalue weighted by Gasteiger charge is 2.24. The van der Waals surface area contributed by atoms with Gasteiger partial charge in [0.05, 0.1) is 0 Å². The highest BCUT2D eigenvalue weighted by molar-refractivity contribution is 8.00. The summed E-state index contributed by atoms with van der Waals surface area (Å²) in [5, 5.41) is 0.342. The Labute approximate surface area is 92.0 Å². The zero-order valence-corrected chi connectivity index (χ0v) is 9.07. The smallest absolute Gasteiger partial charge is 0.159 e. The standard InChI is InChI=1S/C11H13F2NS/c12-8-4-3-7(6-9(8)13)11(14)10-2-1-5-15-10/h3-4,6,10-11H,1-2,5,14H2. The minimum atomic E-state index is -0.815. The molecule has 0 radical (unpaired) electrons. The van der Waals surface area contributed by atoms with Crippen molar-refractivity contribution in [2.24, 2.45) is 5.73 Å². The quantitative estimate of drug-likeness (QED) is 0.844. The first-order valence-electron chi connectivity index (χ1n) is 5.00. The van der Waals surface area contributed by atoms with Gasteiger partial charge < -0.3 is 5.73 Å². The van der Waals surface area contributed by atoms with Gasteiger partial charge in [0.2, 0.25) is 0 Å². The van der Waals surface area contributed by atoms with Crippen LogP contribution in [0.3, 0.4) is 0 Å². The maximum Gasteiger partial charge on any atom is 0.159 e. The molecule has 1 aromatic rings. The van der Waals surface area contributed by atoms with Crippen molar-refractivity contribution in [3.05, 3.63) is 35.4 Å². The monoisotopic (exact) mass is 229 g/mol. The molecular weight excluding hydrogens is 216 g/mol. The highest BCUT2D eigenvalue weighted by atomic mass is 32.2. The molecule has 1 heterocycles. The van der Waals surface area contributed by atoms with Gasteiger partial charge in [0, 0.05) is 11.3 Å². The first-order chi connectivity index (χ1) is 7.18. The molecule has 1 fully saturated rings. The van der Waals surface area contributed by atoms with Crippen LogP contribution in [0.5, 0.6) is 0 Å². The summed E-state index contributed by atoms with van der Waals surface area (Å²) in [6.07, 6.45) is 2.22. The third-order valence-electron chi connectivity index (χ3n) is 2.69. The largest absolute Gasteiger partial charge is 0.323 e. The predicted molar refractivity (Wildman–Crippen MR) is 58.8 cm³/mol. The molecule has 0 bridgehead atoms. The molecule has 0 aliphatic carbocycles. The lowest BCUT2D eigenvalue weighted by Gasteiger charge is -2.18. The lowest BCUT2D eigenvalue weighted by molar-refractivity contribution is 0.504. The average molecular weight is 229 g/mol. The first-order valence-corrected chi connectivity index (χ1v) is 6.05. The summed E-state index contributed by atoms with van der Waals surface area (Å²) in [6, 6.07) is 3.73. The summed E-state index contributed by atoms with van der Waals surface area (Å²) in [5.41, 5.74) is 6.70. The van der Waals surface area contributed by atoms with Gasteiger partial charge in [-0.25, -0.2) is 8.78 Å². The Morgan fingerprint density at radius 3 is 2.73 bits per heavy atom. The minimum absolute atomic E-state index is 0.187. The Balaban J connectivity index is 2.17. The van der Waals surface area contributed by atoms with Gasteiger partial charge in [0.25, 0.3) is 0 Å². The molecule has 4 heteroatoms. The van der Waals surface area contributed by atoms with Gasteiger partial charge in [-0.3, -0.25) is 0 Å². The summed E-state index contributed by atoms with van der Waals surface area (Å²) in [4.78, 5) is 0. The molecule has 0 saturated carbocycles. The molecule has 0 aromatic heterocycles. The molecule has 2 atom stereocenters. The fraction of sp³-hybridized carbons (Fsp3) is 0.455. The molecule has 1 nitrogen and oxygen atoms in total. The van der Waals surface area contributed by atoms with Crippen molar-refractivity contribution in [2.45, 2.75) is 24.1 Å². The Bertz CT molecular complexity index is 350. The van der Waals surface area contributed by atoms with Gasteiger partial charge in [-0.15, -0.1) is 0 Å². The van der Waals surface area contributed by atoms with Gasteiger partial charge in [-0.05, 0) is 36.3 Å². The van der Waals surface area contributed by atoms with Crippen LogP contribution >= 0.6 is 11.8 Å². The fourth-order valence-corrected chi connectivity index (χ4v) is 3.15. The number of hydrogen-bond donors (Lipinski definition) is 1. The molecule has 2 rings (SSSR count). The van der Waals surface area contributed by atoms with E-state index >= 15 is 0 Å². The van der Waals surface area contributed by atoms with E-state index in [1.807, 2.05) is 11.8 Å². The molecular formula is C11H13F2NS. The van der Waals surface area contributed by atoms with E-state index in [2.05, 4.69) is 0 Å². The summed E-state index contributed by atoms with van der Waals surface area (Å²) >= 11 is 1.81. The van der Waals surface area contributed by atoms with Crippen LogP contribution in [0.4, 0.5) is 8.78 Å². The minimum Gasteiger partial charge on any atom is -0.323 e. The van der Waals surface area contributed by atoms with E-state index in [-0.39, 0.29) is 6.04 Å². The van der Waals surface area contributed by atoms with Crippen LogP contribution in [-0.2, 0) is 0 Å². The summed E-state index contributed by atoms with van der Waals surface area (Å²) in [5.74, 6) is -0.516. The topological polar surface area (TPSA) is 26.0 Å². The molecule has 1 saturated heterocycles. The zero-order chi connectivity index (χ0) is 10.8. The second-order valence-corrected chi connectivity index (χ2v) is 5.10. The fourth-order valence-electron chi connectivity index (χ4n) is 1.82. The van der Waals surface area contributed by atoms with E-state index in [9.17, 15) is 8.78 Å². The normalized spacial score (nSPS) is 23.0. The molecule has 82 valence electrons. The molecule has 1 aliphatic rings. The van der Waals surface area contributed by atoms with Crippen molar-refractivity contribution in [1.29, 1.82) is 0 Å².